The minimum absolute atomic E-state index is 0.00466. The van der Waals surface area contributed by atoms with E-state index in [0.717, 1.165) is 5.56 Å². The number of carbonyl (C=O) groups excluding carboxylic acids is 1. The number of hydrogen-bond donors (Lipinski definition) is 1. The van der Waals surface area contributed by atoms with Crippen LogP contribution in [0.3, 0.4) is 0 Å². The first-order valence-electron chi connectivity index (χ1n) is 6.25. The largest absolute Gasteiger partial charge is 0.481 e. The van der Waals surface area contributed by atoms with Crippen LogP contribution in [0.2, 0.25) is 0 Å². The number of benzene rings is 1. The maximum absolute atomic E-state index is 12.0. The molecule has 0 aliphatic carbocycles. The number of rotatable bonds is 5. The smallest absolute Gasteiger partial charge is 0.309 e. The van der Waals surface area contributed by atoms with Gasteiger partial charge in [-0.1, -0.05) is 29.8 Å². The number of amides is 1. The Labute approximate surface area is 114 Å². The molecule has 0 unspecified atom stereocenters. The second-order valence-corrected chi connectivity index (χ2v) is 5.60. The number of carboxylic acids is 1. The summed E-state index contributed by atoms with van der Waals surface area (Å²) < 4.78 is 0. The fourth-order valence-electron chi connectivity index (χ4n) is 1.64. The molecule has 1 N–H and O–H groups in total. The summed E-state index contributed by atoms with van der Waals surface area (Å²) in [6.45, 7) is 5.63. The number of carbonyl (C=O) groups is 2. The SMILES string of the molecule is Cc1ccc(CN(C)C(=O)CC(C)(C)C(=O)O)cc1. The predicted molar refractivity (Wildman–Crippen MR) is 73.7 cm³/mol. The summed E-state index contributed by atoms with van der Waals surface area (Å²) in [5, 5.41) is 9.02. The number of carboxylic acid groups (broad SMARTS) is 1. The predicted octanol–water partition coefficient (Wildman–Crippen LogP) is 2.45. The van der Waals surface area contributed by atoms with Crippen molar-refractivity contribution >= 4 is 11.9 Å². The van der Waals surface area contributed by atoms with Gasteiger partial charge in [-0.15, -0.1) is 0 Å². The van der Waals surface area contributed by atoms with Gasteiger partial charge in [0.1, 0.15) is 0 Å². The summed E-state index contributed by atoms with van der Waals surface area (Å²) in [4.78, 5) is 24.6. The maximum atomic E-state index is 12.0. The molecule has 0 fully saturated rings. The summed E-state index contributed by atoms with van der Waals surface area (Å²) >= 11 is 0. The van der Waals surface area contributed by atoms with Gasteiger partial charge >= 0.3 is 5.97 Å². The average molecular weight is 263 g/mol. The van der Waals surface area contributed by atoms with E-state index in [1.807, 2.05) is 31.2 Å². The lowest BCUT2D eigenvalue weighted by atomic mass is 9.89. The Morgan fingerprint density at radius 1 is 1.21 bits per heavy atom. The third-order valence-corrected chi connectivity index (χ3v) is 3.14. The molecule has 0 saturated heterocycles. The highest BCUT2D eigenvalue weighted by molar-refractivity contribution is 5.84. The molecule has 1 amide bonds. The molecule has 0 saturated carbocycles. The van der Waals surface area contributed by atoms with Crippen LogP contribution < -0.4 is 0 Å². The summed E-state index contributed by atoms with van der Waals surface area (Å²) in [6, 6.07) is 7.94. The molecular weight excluding hydrogens is 242 g/mol. The quantitative estimate of drug-likeness (QED) is 0.887. The Hall–Kier alpha value is -1.84. The van der Waals surface area contributed by atoms with Gasteiger partial charge in [-0.05, 0) is 26.3 Å². The average Bonchev–Trinajstić information content (AvgIpc) is 2.31. The van der Waals surface area contributed by atoms with Crippen LogP contribution >= 0.6 is 0 Å². The van der Waals surface area contributed by atoms with Gasteiger partial charge in [0, 0.05) is 20.0 Å². The van der Waals surface area contributed by atoms with Crippen LogP contribution in [0, 0.1) is 12.3 Å². The third kappa shape index (κ3) is 4.39. The second kappa shape index (κ2) is 5.87. The lowest BCUT2D eigenvalue weighted by molar-refractivity contribution is -0.151. The van der Waals surface area contributed by atoms with E-state index in [1.165, 1.54) is 5.56 Å². The van der Waals surface area contributed by atoms with Crippen LogP contribution in [0.5, 0.6) is 0 Å². The molecule has 1 aromatic carbocycles. The van der Waals surface area contributed by atoms with Gasteiger partial charge in [-0.2, -0.15) is 0 Å². The van der Waals surface area contributed by atoms with E-state index in [2.05, 4.69) is 0 Å². The number of aliphatic carboxylic acids is 1. The van der Waals surface area contributed by atoms with Crippen LogP contribution in [0.25, 0.3) is 0 Å². The van der Waals surface area contributed by atoms with Crippen LogP contribution in [0.4, 0.5) is 0 Å². The molecule has 1 aromatic rings. The van der Waals surface area contributed by atoms with Crippen molar-refractivity contribution in [2.45, 2.75) is 33.7 Å². The van der Waals surface area contributed by atoms with E-state index in [-0.39, 0.29) is 12.3 Å². The topological polar surface area (TPSA) is 57.6 Å². The van der Waals surface area contributed by atoms with Crippen molar-refractivity contribution in [1.29, 1.82) is 0 Å². The van der Waals surface area contributed by atoms with E-state index in [1.54, 1.807) is 25.8 Å². The first-order valence-corrected chi connectivity index (χ1v) is 6.25. The van der Waals surface area contributed by atoms with E-state index in [9.17, 15) is 9.59 Å². The summed E-state index contributed by atoms with van der Waals surface area (Å²) in [5.74, 6) is -1.11. The van der Waals surface area contributed by atoms with Gasteiger partial charge in [0.25, 0.3) is 0 Å². The first-order chi connectivity index (χ1) is 8.72. The Morgan fingerprint density at radius 2 is 1.74 bits per heavy atom. The Bertz CT molecular complexity index is 463. The number of aryl methyl sites for hydroxylation is 1. The highest BCUT2D eigenvalue weighted by Crippen LogP contribution is 2.21. The van der Waals surface area contributed by atoms with Gasteiger partial charge in [-0.3, -0.25) is 9.59 Å². The second-order valence-electron chi connectivity index (χ2n) is 5.60. The Morgan fingerprint density at radius 3 is 2.21 bits per heavy atom. The van der Waals surface area contributed by atoms with E-state index >= 15 is 0 Å². The zero-order valence-electron chi connectivity index (χ0n) is 11.9. The summed E-state index contributed by atoms with van der Waals surface area (Å²) in [5.41, 5.74) is 1.18. The fraction of sp³-hybridized carbons (Fsp3) is 0.467. The normalized spacial score (nSPS) is 11.2. The van der Waals surface area contributed by atoms with Crippen molar-refractivity contribution in [2.75, 3.05) is 7.05 Å². The van der Waals surface area contributed by atoms with Crippen LogP contribution in [-0.2, 0) is 16.1 Å². The van der Waals surface area contributed by atoms with Crippen molar-refractivity contribution in [3.63, 3.8) is 0 Å². The van der Waals surface area contributed by atoms with Crippen LogP contribution in [0.1, 0.15) is 31.4 Å². The minimum Gasteiger partial charge on any atom is -0.481 e. The van der Waals surface area contributed by atoms with Crippen molar-refractivity contribution in [2.24, 2.45) is 5.41 Å². The number of hydrogen-bond acceptors (Lipinski definition) is 2. The Kier molecular flexibility index (Phi) is 4.70. The molecule has 0 bridgehead atoms. The van der Waals surface area contributed by atoms with Crippen molar-refractivity contribution in [3.05, 3.63) is 35.4 Å². The van der Waals surface area contributed by atoms with Gasteiger partial charge in [0.15, 0.2) is 0 Å². The molecular formula is C15H21NO3. The molecule has 19 heavy (non-hydrogen) atoms. The fourth-order valence-corrected chi connectivity index (χ4v) is 1.64. The van der Waals surface area contributed by atoms with Gasteiger partial charge in [0.05, 0.1) is 5.41 Å². The molecule has 104 valence electrons. The molecule has 0 aliphatic heterocycles. The molecule has 1 rings (SSSR count). The third-order valence-electron chi connectivity index (χ3n) is 3.14. The first kappa shape index (κ1) is 15.2. The van der Waals surface area contributed by atoms with E-state index in [4.69, 9.17) is 5.11 Å². The highest BCUT2D eigenvalue weighted by Gasteiger charge is 2.31. The van der Waals surface area contributed by atoms with Gasteiger partial charge < -0.3 is 10.0 Å². The van der Waals surface area contributed by atoms with Gasteiger partial charge in [-0.25, -0.2) is 0 Å². The highest BCUT2D eigenvalue weighted by atomic mass is 16.4. The number of nitrogens with zero attached hydrogens (tertiary/aromatic N) is 1. The van der Waals surface area contributed by atoms with Crippen molar-refractivity contribution < 1.29 is 14.7 Å². The standard InChI is InChI=1S/C15H21NO3/c1-11-5-7-12(8-6-11)10-16(4)13(17)9-15(2,3)14(18)19/h5-8H,9-10H2,1-4H3,(H,18,19). The van der Waals surface area contributed by atoms with E-state index < -0.39 is 11.4 Å². The molecule has 0 aliphatic rings. The molecule has 0 radical (unpaired) electrons. The minimum atomic E-state index is -1.03. The monoisotopic (exact) mass is 263 g/mol. The summed E-state index contributed by atoms with van der Waals surface area (Å²) in [6.07, 6.45) is 0.00466. The van der Waals surface area contributed by atoms with Crippen molar-refractivity contribution in [3.8, 4) is 0 Å². The Balaban J connectivity index is 2.63. The summed E-state index contributed by atoms with van der Waals surface area (Å²) in [7, 11) is 1.69. The maximum Gasteiger partial charge on any atom is 0.309 e. The molecule has 0 spiro atoms. The van der Waals surface area contributed by atoms with Crippen LogP contribution in [0.15, 0.2) is 24.3 Å². The molecule has 4 heteroatoms. The zero-order valence-corrected chi connectivity index (χ0v) is 11.9. The van der Waals surface area contributed by atoms with Crippen LogP contribution in [-0.4, -0.2) is 28.9 Å². The molecule has 0 heterocycles. The molecule has 0 aromatic heterocycles. The van der Waals surface area contributed by atoms with Crippen molar-refractivity contribution in [1.82, 2.24) is 4.90 Å². The lowest BCUT2D eigenvalue weighted by Gasteiger charge is -2.23. The lowest BCUT2D eigenvalue weighted by Crippen LogP contribution is -2.34. The van der Waals surface area contributed by atoms with E-state index in [0.29, 0.717) is 6.54 Å². The molecule has 0 atom stereocenters. The van der Waals surface area contributed by atoms with Gasteiger partial charge in [0.2, 0.25) is 5.91 Å². The molecule has 4 nitrogen and oxygen atoms in total. The zero-order chi connectivity index (χ0) is 14.6.